The number of amides is 1. The zero-order valence-corrected chi connectivity index (χ0v) is 10.4. The number of hydrogen-bond donors (Lipinski definition) is 2. The molecule has 1 aromatic rings. The molecule has 0 fully saturated rings. The first kappa shape index (κ1) is 12.4. The molecule has 5 heteroatoms. The van der Waals surface area contributed by atoms with Crippen molar-refractivity contribution in [1.29, 1.82) is 0 Å². The van der Waals surface area contributed by atoms with Crippen LogP contribution in [0.5, 0.6) is 0 Å². The van der Waals surface area contributed by atoms with E-state index < -0.39 is 5.97 Å². The van der Waals surface area contributed by atoms with E-state index in [-0.39, 0.29) is 24.5 Å². The summed E-state index contributed by atoms with van der Waals surface area (Å²) in [6.45, 7) is 3.62. The molecule has 0 aromatic heterocycles. The number of carbonyl (C=O) groups excluding carboxylic acids is 1. The van der Waals surface area contributed by atoms with E-state index in [1.54, 1.807) is 12.1 Å². The van der Waals surface area contributed by atoms with Gasteiger partial charge in [0.1, 0.15) is 12.7 Å². The van der Waals surface area contributed by atoms with Gasteiger partial charge < -0.3 is 15.3 Å². The van der Waals surface area contributed by atoms with Crippen LogP contribution in [0.25, 0.3) is 0 Å². The first-order valence-corrected chi connectivity index (χ1v) is 5.89. The van der Waals surface area contributed by atoms with Crippen LogP contribution in [0.3, 0.4) is 0 Å². The molecule has 96 valence electrons. The third kappa shape index (κ3) is 2.16. The number of benzene rings is 1. The van der Waals surface area contributed by atoms with Crippen LogP contribution in [0.4, 0.5) is 5.69 Å². The molecule has 0 spiro atoms. The van der Waals surface area contributed by atoms with Gasteiger partial charge in [0.15, 0.2) is 0 Å². The average molecular weight is 248 g/mol. The quantitative estimate of drug-likeness (QED) is 0.852. The average Bonchev–Trinajstić information content (AvgIpc) is 2.32. The number of para-hydroxylation sites is 1. The minimum absolute atomic E-state index is 0.127. The molecule has 0 radical (unpaired) electrons. The lowest BCUT2D eigenvalue weighted by molar-refractivity contribution is -0.138. The van der Waals surface area contributed by atoms with Crippen molar-refractivity contribution in [2.75, 3.05) is 11.9 Å². The summed E-state index contributed by atoms with van der Waals surface area (Å²) in [6, 6.07) is 7.16. The SMILES string of the molecule is CC(C)[C@H]1Nc2ccccc2C(=O)N1CC(=O)O. The molecule has 5 nitrogen and oxygen atoms in total. The van der Waals surface area contributed by atoms with Crippen molar-refractivity contribution in [3.05, 3.63) is 29.8 Å². The number of rotatable bonds is 3. The maximum Gasteiger partial charge on any atom is 0.323 e. The fourth-order valence-electron chi connectivity index (χ4n) is 2.16. The molecule has 1 aliphatic heterocycles. The van der Waals surface area contributed by atoms with Crippen LogP contribution >= 0.6 is 0 Å². The van der Waals surface area contributed by atoms with Crippen LogP contribution in [-0.4, -0.2) is 34.6 Å². The molecule has 0 bridgehead atoms. The summed E-state index contributed by atoms with van der Waals surface area (Å²) in [5.41, 5.74) is 1.29. The summed E-state index contributed by atoms with van der Waals surface area (Å²) >= 11 is 0. The van der Waals surface area contributed by atoms with Gasteiger partial charge in [-0.05, 0) is 18.1 Å². The first-order valence-electron chi connectivity index (χ1n) is 5.89. The highest BCUT2D eigenvalue weighted by molar-refractivity contribution is 6.02. The number of carboxylic acid groups (broad SMARTS) is 1. The minimum Gasteiger partial charge on any atom is -0.480 e. The molecule has 0 aliphatic carbocycles. The lowest BCUT2D eigenvalue weighted by atomic mass is 10.0. The molecule has 2 rings (SSSR count). The van der Waals surface area contributed by atoms with Crippen molar-refractivity contribution >= 4 is 17.6 Å². The maximum atomic E-state index is 12.3. The molecule has 1 aromatic carbocycles. The second-order valence-corrected chi connectivity index (χ2v) is 4.71. The van der Waals surface area contributed by atoms with Gasteiger partial charge in [-0.15, -0.1) is 0 Å². The van der Waals surface area contributed by atoms with Gasteiger partial charge in [-0.1, -0.05) is 26.0 Å². The Balaban J connectivity index is 2.39. The Hall–Kier alpha value is -2.04. The molecule has 0 unspecified atom stereocenters. The van der Waals surface area contributed by atoms with Crippen molar-refractivity contribution in [2.45, 2.75) is 20.0 Å². The van der Waals surface area contributed by atoms with Crippen LogP contribution < -0.4 is 5.32 Å². The number of anilines is 1. The standard InChI is InChI=1S/C13H16N2O3/c1-8(2)12-14-10-6-4-3-5-9(10)13(18)15(12)7-11(16)17/h3-6,8,12,14H,7H2,1-2H3,(H,16,17)/t12-/m0/s1. The topological polar surface area (TPSA) is 69.6 Å². The minimum atomic E-state index is -1.00. The Morgan fingerprint density at radius 1 is 1.44 bits per heavy atom. The summed E-state index contributed by atoms with van der Waals surface area (Å²) in [5.74, 6) is -1.11. The number of hydrogen-bond acceptors (Lipinski definition) is 3. The third-order valence-corrected chi connectivity index (χ3v) is 2.99. The Kier molecular flexibility index (Phi) is 3.23. The van der Waals surface area contributed by atoms with Gasteiger partial charge in [0.25, 0.3) is 5.91 Å². The second kappa shape index (κ2) is 4.68. The van der Waals surface area contributed by atoms with Crippen LogP contribution in [0.2, 0.25) is 0 Å². The number of carbonyl (C=O) groups is 2. The molecule has 2 N–H and O–H groups in total. The number of nitrogens with zero attached hydrogens (tertiary/aromatic N) is 1. The number of aliphatic carboxylic acids is 1. The Morgan fingerprint density at radius 2 is 2.11 bits per heavy atom. The van der Waals surface area contributed by atoms with E-state index >= 15 is 0 Å². The number of fused-ring (bicyclic) bond motifs is 1. The molecular formula is C13H16N2O3. The van der Waals surface area contributed by atoms with Crippen molar-refractivity contribution < 1.29 is 14.7 Å². The van der Waals surface area contributed by atoms with Crippen LogP contribution in [0, 0.1) is 5.92 Å². The molecule has 0 saturated heterocycles. The summed E-state index contributed by atoms with van der Waals surface area (Å²) < 4.78 is 0. The van der Waals surface area contributed by atoms with Gasteiger partial charge in [0.05, 0.1) is 5.56 Å². The lowest BCUT2D eigenvalue weighted by Gasteiger charge is -2.39. The molecule has 18 heavy (non-hydrogen) atoms. The summed E-state index contributed by atoms with van der Waals surface area (Å²) in [7, 11) is 0. The first-order chi connectivity index (χ1) is 8.50. The fraction of sp³-hybridized carbons (Fsp3) is 0.385. The molecule has 0 saturated carbocycles. The van der Waals surface area contributed by atoms with E-state index in [0.29, 0.717) is 5.56 Å². The van der Waals surface area contributed by atoms with E-state index in [1.807, 2.05) is 26.0 Å². The van der Waals surface area contributed by atoms with Crippen LogP contribution in [-0.2, 0) is 4.79 Å². The molecule has 1 heterocycles. The van der Waals surface area contributed by atoms with E-state index in [1.165, 1.54) is 4.90 Å². The molecule has 1 aliphatic rings. The largest absolute Gasteiger partial charge is 0.480 e. The zero-order valence-electron chi connectivity index (χ0n) is 10.4. The van der Waals surface area contributed by atoms with Gasteiger partial charge in [-0.25, -0.2) is 0 Å². The van der Waals surface area contributed by atoms with E-state index in [9.17, 15) is 9.59 Å². The highest BCUT2D eigenvalue weighted by Crippen LogP contribution is 2.27. The predicted molar refractivity (Wildman–Crippen MR) is 67.4 cm³/mol. The van der Waals surface area contributed by atoms with Gasteiger partial charge in [0, 0.05) is 5.69 Å². The van der Waals surface area contributed by atoms with Gasteiger partial charge in [0.2, 0.25) is 0 Å². The van der Waals surface area contributed by atoms with E-state index in [4.69, 9.17) is 5.11 Å². The van der Waals surface area contributed by atoms with Gasteiger partial charge >= 0.3 is 5.97 Å². The Bertz CT molecular complexity index is 485. The molecular weight excluding hydrogens is 232 g/mol. The monoisotopic (exact) mass is 248 g/mol. The van der Waals surface area contributed by atoms with E-state index in [0.717, 1.165) is 5.69 Å². The predicted octanol–water partition coefficient (Wildman–Crippen LogP) is 1.62. The summed E-state index contributed by atoms with van der Waals surface area (Å²) in [4.78, 5) is 24.5. The Labute approximate surface area is 105 Å². The highest BCUT2D eigenvalue weighted by atomic mass is 16.4. The van der Waals surface area contributed by atoms with Crippen LogP contribution in [0.1, 0.15) is 24.2 Å². The van der Waals surface area contributed by atoms with Crippen molar-refractivity contribution in [2.24, 2.45) is 5.92 Å². The number of nitrogens with one attached hydrogen (secondary N) is 1. The van der Waals surface area contributed by atoms with Crippen molar-refractivity contribution in [1.82, 2.24) is 4.90 Å². The number of carboxylic acids is 1. The summed E-state index contributed by atoms with van der Waals surface area (Å²) in [6.07, 6.45) is -0.288. The van der Waals surface area contributed by atoms with Crippen molar-refractivity contribution in [3.8, 4) is 0 Å². The van der Waals surface area contributed by atoms with E-state index in [2.05, 4.69) is 5.32 Å². The lowest BCUT2D eigenvalue weighted by Crippen LogP contribution is -2.53. The maximum absolute atomic E-state index is 12.3. The normalized spacial score (nSPS) is 18.5. The van der Waals surface area contributed by atoms with Crippen molar-refractivity contribution in [3.63, 3.8) is 0 Å². The highest BCUT2D eigenvalue weighted by Gasteiger charge is 2.34. The summed E-state index contributed by atoms with van der Waals surface area (Å²) in [5, 5.41) is 12.1. The van der Waals surface area contributed by atoms with Gasteiger partial charge in [-0.3, -0.25) is 9.59 Å². The second-order valence-electron chi connectivity index (χ2n) is 4.71. The Morgan fingerprint density at radius 3 is 2.72 bits per heavy atom. The zero-order chi connectivity index (χ0) is 13.3. The third-order valence-electron chi connectivity index (χ3n) is 2.99. The molecule has 1 atom stereocenters. The van der Waals surface area contributed by atoms with Gasteiger partial charge in [-0.2, -0.15) is 0 Å². The molecule has 1 amide bonds. The fourth-order valence-corrected chi connectivity index (χ4v) is 2.16. The smallest absolute Gasteiger partial charge is 0.323 e. The van der Waals surface area contributed by atoms with Crippen LogP contribution in [0.15, 0.2) is 24.3 Å².